The van der Waals surface area contributed by atoms with Crippen LogP contribution in [0.5, 0.6) is 0 Å². The number of nitrogens with zero attached hydrogens (tertiary/aromatic N) is 6. The van der Waals surface area contributed by atoms with Gasteiger partial charge < -0.3 is 30.5 Å². The van der Waals surface area contributed by atoms with Crippen LogP contribution in [-0.4, -0.2) is 97.4 Å². The van der Waals surface area contributed by atoms with Crippen LogP contribution in [0.3, 0.4) is 0 Å². The van der Waals surface area contributed by atoms with E-state index in [1.54, 1.807) is 11.1 Å². The van der Waals surface area contributed by atoms with Crippen LogP contribution < -0.4 is 20.9 Å². The van der Waals surface area contributed by atoms with Gasteiger partial charge in [0, 0.05) is 76.0 Å². The first kappa shape index (κ1) is 22.7. The topological polar surface area (TPSA) is 103 Å². The molecule has 182 valence electrons. The Bertz CT molecular complexity index is 950. The molecule has 0 spiro atoms. The first-order valence-corrected chi connectivity index (χ1v) is 12.2. The predicted molar refractivity (Wildman–Crippen MR) is 133 cm³/mol. The van der Waals surface area contributed by atoms with Crippen molar-refractivity contribution < 1.29 is 9.53 Å². The molecule has 34 heavy (non-hydrogen) atoms. The van der Waals surface area contributed by atoms with Gasteiger partial charge in [-0.3, -0.25) is 4.90 Å². The Balaban J connectivity index is 1.14. The van der Waals surface area contributed by atoms with E-state index in [-0.39, 0.29) is 6.03 Å². The van der Waals surface area contributed by atoms with Crippen molar-refractivity contribution in [1.82, 2.24) is 19.8 Å². The van der Waals surface area contributed by atoms with Gasteiger partial charge in [-0.1, -0.05) is 0 Å². The summed E-state index contributed by atoms with van der Waals surface area (Å²) < 4.78 is 5.50. The quantitative estimate of drug-likeness (QED) is 0.687. The van der Waals surface area contributed by atoms with Gasteiger partial charge in [0.05, 0.1) is 13.2 Å². The average molecular weight is 467 g/mol. The van der Waals surface area contributed by atoms with Crippen LogP contribution in [0.2, 0.25) is 0 Å². The summed E-state index contributed by atoms with van der Waals surface area (Å²) in [5.41, 5.74) is 7.60. The van der Waals surface area contributed by atoms with E-state index in [9.17, 15) is 4.79 Å². The molecule has 5 rings (SSSR count). The number of nitrogens with two attached hydrogens (primary N) is 1. The highest BCUT2D eigenvalue weighted by molar-refractivity contribution is 5.72. The number of morpholine rings is 1. The highest BCUT2D eigenvalue weighted by Gasteiger charge is 2.26. The molecule has 3 aliphatic rings. The van der Waals surface area contributed by atoms with E-state index < -0.39 is 0 Å². The van der Waals surface area contributed by atoms with Gasteiger partial charge in [0.1, 0.15) is 5.82 Å². The van der Waals surface area contributed by atoms with E-state index in [2.05, 4.69) is 54.2 Å². The van der Waals surface area contributed by atoms with E-state index in [1.165, 1.54) is 18.5 Å². The molecule has 3 aliphatic heterocycles. The number of piperazine rings is 1. The number of piperidine rings is 1. The van der Waals surface area contributed by atoms with Gasteiger partial charge in [0.15, 0.2) is 0 Å². The minimum absolute atomic E-state index is 0.366. The number of carbonyl (C=O) groups is 1. The van der Waals surface area contributed by atoms with Crippen molar-refractivity contribution in [2.45, 2.75) is 18.9 Å². The number of amides is 2. The summed E-state index contributed by atoms with van der Waals surface area (Å²) in [5, 5.41) is 3.32. The molecule has 1 aromatic carbocycles. The molecule has 0 atom stereocenters. The molecule has 0 bridgehead atoms. The Morgan fingerprint density at radius 2 is 1.62 bits per heavy atom. The summed E-state index contributed by atoms with van der Waals surface area (Å²) in [5.74, 6) is 1.41. The number of aromatic nitrogens is 2. The Hall–Kier alpha value is -3.11. The summed E-state index contributed by atoms with van der Waals surface area (Å²) in [6.45, 7) is 8.66. The van der Waals surface area contributed by atoms with E-state index >= 15 is 0 Å². The smallest absolute Gasteiger partial charge is 0.314 e. The third kappa shape index (κ3) is 5.34. The lowest BCUT2D eigenvalue weighted by Gasteiger charge is -2.40. The van der Waals surface area contributed by atoms with Crippen molar-refractivity contribution in [1.29, 1.82) is 0 Å². The number of anilines is 4. The highest BCUT2D eigenvalue weighted by atomic mass is 16.5. The highest BCUT2D eigenvalue weighted by Crippen LogP contribution is 2.25. The van der Waals surface area contributed by atoms with Crippen molar-refractivity contribution in [2.24, 2.45) is 5.73 Å². The molecule has 4 heterocycles. The van der Waals surface area contributed by atoms with Crippen LogP contribution in [-0.2, 0) is 4.74 Å². The SMILES string of the molecule is NC(=O)N1CCN(c2ccnc(Nc3ccc(N4CCC(N5CCOCC5)CC4)cc3)n2)CC1. The van der Waals surface area contributed by atoms with Crippen molar-refractivity contribution >= 4 is 29.2 Å². The van der Waals surface area contributed by atoms with Gasteiger partial charge in [-0.15, -0.1) is 0 Å². The number of rotatable bonds is 5. The van der Waals surface area contributed by atoms with Crippen LogP contribution in [0, 0.1) is 0 Å². The van der Waals surface area contributed by atoms with E-state index in [0.717, 1.165) is 50.9 Å². The Labute approximate surface area is 200 Å². The molecular weight excluding hydrogens is 432 g/mol. The van der Waals surface area contributed by atoms with Crippen LogP contribution >= 0.6 is 0 Å². The normalized spacial score (nSPS) is 20.4. The van der Waals surface area contributed by atoms with Gasteiger partial charge >= 0.3 is 6.03 Å². The molecule has 2 aromatic rings. The lowest BCUT2D eigenvalue weighted by atomic mass is 10.0. The molecule has 1 aromatic heterocycles. The van der Waals surface area contributed by atoms with Crippen molar-refractivity contribution in [2.75, 3.05) is 80.7 Å². The van der Waals surface area contributed by atoms with Crippen molar-refractivity contribution in [3.63, 3.8) is 0 Å². The van der Waals surface area contributed by atoms with Crippen molar-refractivity contribution in [3.8, 4) is 0 Å². The summed E-state index contributed by atoms with van der Waals surface area (Å²) >= 11 is 0. The third-order valence-electron chi connectivity index (χ3n) is 7.07. The van der Waals surface area contributed by atoms with E-state index in [1.807, 2.05) is 6.07 Å². The number of carbonyl (C=O) groups excluding carboxylic acids is 1. The van der Waals surface area contributed by atoms with Gasteiger partial charge in [-0.25, -0.2) is 9.78 Å². The Morgan fingerprint density at radius 3 is 2.29 bits per heavy atom. The first-order valence-electron chi connectivity index (χ1n) is 12.2. The number of ether oxygens (including phenoxy) is 1. The zero-order chi connectivity index (χ0) is 23.3. The predicted octanol–water partition coefficient (Wildman–Crippen LogP) is 1.72. The Kier molecular flexibility index (Phi) is 6.96. The number of primary amides is 1. The summed E-state index contributed by atoms with van der Waals surface area (Å²) in [4.78, 5) is 29.3. The lowest BCUT2D eigenvalue weighted by Crippen LogP contribution is -2.50. The standard InChI is InChI=1S/C24H34N8O2/c25-23(33)32-13-11-31(12-14-32)22-5-8-26-24(28-22)27-19-1-3-20(4-2-19)29-9-6-21(7-10-29)30-15-17-34-18-16-30/h1-5,8,21H,6-7,9-18H2,(H2,25,33)(H,26,27,28). The van der Waals surface area contributed by atoms with Crippen molar-refractivity contribution in [3.05, 3.63) is 36.5 Å². The second-order valence-electron chi connectivity index (χ2n) is 9.09. The zero-order valence-corrected chi connectivity index (χ0v) is 19.6. The van der Waals surface area contributed by atoms with Crippen LogP contribution in [0.15, 0.2) is 36.5 Å². The molecule has 10 heteroatoms. The van der Waals surface area contributed by atoms with Gasteiger partial charge in [-0.05, 0) is 43.2 Å². The van der Waals surface area contributed by atoms with E-state index in [4.69, 9.17) is 10.5 Å². The molecule has 0 radical (unpaired) electrons. The fourth-order valence-electron chi connectivity index (χ4n) is 5.06. The average Bonchev–Trinajstić information content (AvgIpc) is 2.90. The van der Waals surface area contributed by atoms with Gasteiger partial charge in [-0.2, -0.15) is 4.98 Å². The van der Waals surface area contributed by atoms with Crippen LogP contribution in [0.25, 0.3) is 0 Å². The largest absolute Gasteiger partial charge is 0.379 e. The lowest BCUT2D eigenvalue weighted by molar-refractivity contribution is 0.0115. The minimum Gasteiger partial charge on any atom is -0.379 e. The fraction of sp³-hybridized carbons (Fsp3) is 0.542. The molecule has 3 N–H and O–H groups in total. The first-order chi connectivity index (χ1) is 16.7. The number of benzene rings is 1. The molecule has 0 aliphatic carbocycles. The second-order valence-corrected chi connectivity index (χ2v) is 9.09. The maximum Gasteiger partial charge on any atom is 0.314 e. The second kappa shape index (κ2) is 10.4. The number of urea groups is 1. The summed E-state index contributed by atoms with van der Waals surface area (Å²) in [6.07, 6.45) is 4.17. The maximum absolute atomic E-state index is 11.3. The monoisotopic (exact) mass is 466 g/mol. The maximum atomic E-state index is 11.3. The Morgan fingerprint density at radius 1 is 0.912 bits per heavy atom. The molecule has 10 nitrogen and oxygen atoms in total. The molecule has 0 unspecified atom stereocenters. The number of hydrogen-bond donors (Lipinski definition) is 2. The van der Waals surface area contributed by atoms with Crippen LogP contribution in [0.4, 0.5) is 27.9 Å². The fourth-order valence-corrected chi connectivity index (χ4v) is 5.06. The molecule has 3 fully saturated rings. The van der Waals surface area contributed by atoms with Crippen LogP contribution in [0.1, 0.15) is 12.8 Å². The molecule has 0 saturated carbocycles. The molecule has 2 amide bonds. The van der Waals surface area contributed by atoms with Gasteiger partial charge in [0.25, 0.3) is 0 Å². The van der Waals surface area contributed by atoms with E-state index in [0.29, 0.717) is 38.2 Å². The molecular formula is C24H34N8O2. The number of hydrogen-bond acceptors (Lipinski definition) is 8. The van der Waals surface area contributed by atoms with Gasteiger partial charge in [0.2, 0.25) is 5.95 Å². The third-order valence-corrected chi connectivity index (χ3v) is 7.07. The molecule has 3 saturated heterocycles. The number of nitrogens with one attached hydrogen (secondary N) is 1. The summed E-state index contributed by atoms with van der Waals surface area (Å²) in [7, 11) is 0. The minimum atomic E-state index is -0.366. The summed E-state index contributed by atoms with van der Waals surface area (Å²) in [6, 6.07) is 10.7. The zero-order valence-electron chi connectivity index (χ0n) is 19.6.